The molecule has 1 aromatic rings. The molecule has 2 atom stereocenters. The Bertz CT molecular complexity index is 487. The molecule has 1 N–H and O–H groups in total. The number of benzene rings is 1. The van der Waals surface area contributed by atoms with Crippen LogP contribution in [0, 0.1) is 0 Å². The molecule has 2 unspecified atom stereocenters. The molecule has 1 aromatic carbocycles. The summed E-state index contributed by atoms with van der Waals surface area (Å²) in [6.45, 7) is 8.30. The van der Waals surface area contributed by atoms with Crippen LogP contribution in [0.15, 0.2) is 30.3 Å². The first-order valence-electron chi connectivity index (χ1n) is 8.48. The second-order valence-corrected chi connectivity index (χ2v) is 6.76. The number of morpholine rings is 1. The lowest BCUT2D eigenvalue weighted by Crippen LogP contribution is -3.19. The Morgan fingerprint density at radius 3 is 2.27 bits per heavy atom. The van der Waals surface area contributed by atoms with E-state index in [4.69, 9.17) is 4.74 Å². The van der Waals surface area contributed by atoms with E-state index in [1.165, 1.54) is 0 Å². The fourth-order valence-corrected chi connectivity index (χ4v) is 3.90. The van der Waals surface area contributed by atoms with Gasteiger partial charge in [-0.3, -0.25) is 4.79 Å². The average Bonchev–Trinajstić information content (AvgIpc) is 2.54. The number of piperidine rings is 1. The number of nitrogens with zero attached hydrogens (tertiary/aromatic N) is 1. The molecule has 1 amide bonds. The van der Waals surface area contributed by atoms with Gasteiger partial charge in [0, 0.05) is 31.5 Å². The van der Waals surface area contributed by atoms with Gasteiger partial charge in [-0.2, -0.15) is 0 Å². The topological polar surface area (TPSA) is 34.0 Å². The molecule has 2 aliphatic rings. The summed E-state index contributed by atoms with van der Waals surface area (Å²) in [5.74, 6) is 0.178. The zero-order chi connectivity index (χ0) is 15.5. The molecule has 0 spiro atoms. The number of carbonyl (C=O) groups is 1. The van der Waals surface area contributed by atoms with Gasteiger partial charge in [0.05, 0.1) is 6.04 Å². The number of likely N-dealkylation sites (tertiary alicyclic amines) is 1. The monoisotopic (exact) mass is 303 g/mol. The zero-order valence-corrected chi connectivity index (χ0v) is 13.6. The minimum absolute atomic E-state index is 0.178. The van der Waals surface area contributed by atoms with Gasteiger partial charge in [-0.25, -0.2) is 0 Å². The van der Waals surface area contributed by atoms with Gasteiger partial charge in [-0.05, 0) is 26.0 Å². The van der Waals surface area contributed by atoms with Crippen molar-refractivity contribution < 1.29 is 14.4 Å². The van der Waals surface area contributed by atoms with Crippen molar-refractivity contribution in [3.63, 3.8) is 0 Å². The quantitative estimate of drug-likeness (QED) is 0.884. The minimum atomic E-state index is 0.178. The first kappa shape index (κ1) is 15.5. The fourth-order valence-electron chi connectivity index (χ4n) is 3.90. The lowest BCUT2D eigenvalue weighted by molar-refractivity contribution is -0.940. The molecule has 0 bridgehead atoms. The lowest BCUT2D eigenvalue weighted by atomic mass is 10.0. The molecule has 2 fully saturated rings. The summed E-state index contributed by atoms with van der Waals surface area (Å²) in [4.78, 5) is 16.2. The zero-order valence-electron chi connectivity index (χ0n) is 13.6. The molecule has 3 rings (SSSR count). The van der Waals surface area contributed by atoms with Gasteiger partial charge in [0.15, 0.2) is 0 Å². The Labute approximate surface area is 133 Å². The molecule has 120 valence electrons. The van der Waals surface area contributed by atoms with Crippen molar-refractivity contribution in [1.29, 1.82) is 0 Å². The van der Waals surface area contributed by atoms with Crippen molar-refractivity contribution in [3.05, 3.63) is 35.9 Å². The highest BCUT2D eigenvalue weighted by molar-refractivity contribution is 5.94. The number of hydrogen-bond acceptors (Lipinski definition) is 2. The van der Waals surface area contributed by atoms with Crippen LogP contribution in [0.2, 0.25) is 0 Å². The first-order chi connectivity index (χ1) is 10.6. The molecule has 0 saturated carbocycles. The Morgan fingerprint density at radius 1 is 1.09 bits per heavy atom. The average molecular weight is 303 g/mol. The van der Waals surface area contributed by atoms with E-state index >= 15 is 0 Å². The van der Waals surface area contributed by atoms with Crippen LogP contribution in [0.4, 0.5) is 0 Å². The van der Waals surface area contributed by atoms with Crippen molar-refractivity contribution in [2.45, 2.75) is 44.9 Å². The van der Waals surface area contributed by atoms with Crippen LogP contribution in [0.5, 0.6) is 0 Å². The van der Waals surface area contributed by atoms with Gasteiger partial charge < -0.3 is 14.5 Å². The van der Waals surface area contributed by atoms with E-state index in [-0.39, 0.29) is 5.91 Å². The Morgan fingerprint density at radius 2 is 1.68 bits per heavy atom. The smallest absolute Gasteiger partial charge is 0.253 e. The summed E-state index contributed by atoms with van der Waals surface area (Å²) in [5.41, 5.74) is 0.807. The lowest BCUT2D eigenvalue weighted by Gasteiger charge is -2.41. The Balaban J connectivity index is 1.55. The van der Waals surface area contributed by atoms with E-state index in [1.807, 2.05) is 35.2 Å². The van der Waals surface area contributed by atoms with Gasteiger partial charge in [0.25, 0.3) is 5.91 Å². The molecule has 2 aliphatic heterocycles. The maximum absolute atomic E-state index is 12.5. The van der Waals surface area contributed by atoms with E-state index < -0.39 is 0 Å². The Hall–Kier alpha value is -1.39. The molecule has 2 heterocycles. The van der Waals surface area contributed by atoms with E-state index in [2.05, 4.69) is 13.8 Å². The van der Waals surface area contributed by atoms with Crippen molar-refractivity contribution in [3.8, 4) is 0 Å². The SMILES string of the molecule is CC1C[NH+](C2CCN(C(=O)c3ccccc3)CC2)CC(C)O1. The van der Waals surface area contributed by atoms with E-state index in [9.17, 15) is 4.79 Å². The van der Waals surface area contributed by atoms with Crippen LogP contribution in [0.25, 0.3) is 0 Å². The largest absolute Gasteiger partial charge is 0.364 e. The van der Waals surface area contributed by atoms with E-state index in [0.717, 1.165) is 44.6 Å². The normalized spacial score (nSPS) is 30.3. The van der Waals surface area contributed by atoms with Crippen LogP contribution in [0.3, 0.4) is 0 Å². The molecule has 4 nitrogen and oxygen atoms in total. The first-order valence-corrected chi connectivity index (χ1v) is 8.48. The predicted molar refractivity (Wildman–Crippen MR) is 86.1 cm³/mol. The summed E-state index contributed by atoms with van der Waals surface area (Å²) < 4.78 is 5.84. The van der Waals surface area contributed by atoms with Crippen molar-refractivity contribution in [2.75, 3.05) is 26.2 Å². The molecule has 0 aromatic heterocycles. The standard InChI is InChI=1S/C18H26N2O2/c1-14-12-20(13-15(2)22-14)17-8-10-19(11-9-17)18(21)16-6-4-3-5-7-16/h3-7,14-15,17H,8-13H2,1-2H3/p+1. The van der Waals surface area contributed by atoms with Crippen molar-refractivity contribution in [1.82, 2.24) is 4.90 Å². The van der Waals surface area contributed by atoms with E-state index in [1.54, 1.807) is 4.90 Å². The number of rotatable bonds is 2. The molecular formula is C18H27N2O2+. The molecule has 22 heavy (non-hydrogen) atoms. The summed E-state index contributed by atoms with van der Waals surface area (Å²) in [6.07, 6.45) is 2.91. The fraction of sp³-hybridized carbons (Fsp3) is 0.611. The third kappa shape index (κ3) is 3.50. The highest BCUT2D eigenvalue weighted by atomic mass is 16.5. The van der Waals surface area contributed by atoms with Crippen molar-refractivity contribution >= 4 is 5.91 Å². The van der Waals surface area contributed by atoms with Crippen LogP contribution >= 0.6 is 0 Å². The number of amides is 1. The number of carbonyl (C=O) groups excluding carboxylic acids is 1. The summed E-state index contributed by atoms with van der Waals surface area (Å²) >= 11 is 0. The van der Waals surface area contributed by atoms with E-state index in [0.29, 0.717) is 18.2 Å². The molecule has 0 radical (unpaired) electrons. The third-order valence-corrected chi connectivity index (χ3v) is 4.94. The molecule has 2 saturated heterocycles. The third-order valence-electron chi connectivity index (χ3n) is 4.94. The second-order valence-electron chi connectivity index (χ2n) is 6.76. The van der Waals surface area contributed by atoms with Crippen LogP contribution in [0.1, 0.15) is 37.0 Å². The van der Waals surface area contributed by atoms with Crippen LogP contribution in [-0.4, -0.2) is 55.2 Å². The predicted octanol–water partition coefficient (Wildman–Crippen LogP) is 0.983. The van der Waals surface area contributed by atoms with Crippen molar-refractivity contribution in [2.24, 2.45) is 0 Å². The maximum atomic E-state index is 12.5. The maximum Gasteiger partial charge on any atom is 0.253 e. The number of ether oxygens (including phenoxy) is 1. The van der Waals surface area contributed by atoms with Crippen LogP contribution in [-0.2, 0) is 4.74 Å². The molecular weight excluding hydrogens is 276 g/mol. The molecule has 4 heteroatoms. The van der Waals surface area contributed by atoms with Gasteiger partial charge in [-0.1, -0.05) is 18.2 Å². The van der Waals surface area contributed by atoms with Gasteiger partial charge >= 0.3 is 0 Å². The number of hydrogen-bond donors (Lipinski definition) is 1. The number of quaternary nitrogens is 1. The summed E-state index contributed by atoms with van der Waals surface area (Å²) in [6, 6.07) is 10.3. The Kier molecular flexibility index (Phi) is 4.79. The molecule has 0 aliphatic carbocycles. The van der Waals surface area contributed by atoms with Gasteiger partial charge in [0.1, 0.15) is 25.3 Å². The second kappa shape index (κ2) is 6.80. The number of nitrogens with one attached hydrogen (secondary N) is 1. The highest BCUT2D eigenvalue weighted by Crippen LogP contribution is 2.13. The van der Waals surface area contributed by atoms with Gasteiger partial charge in [-0.15, -0.1) is 0 Å². The van der Waals surface area contributed by atoms with Gasteiger partial charge in [0.2, 0.25) is 0 Å². The summed E-state index contributed by atoms with van der Waals surface area (Å²) in [7, 11) is 0. The minimum Gasteiger partial charge on any atom is -0.364 e. The highest BCUT2D eigenvalue weighted by Gasteiger charge is 2.34. The van der Waals surface area contributed by atoms with Crippen LogP contribution < -0.4 is 4.90 Å². The summed E-state index contributed by atoms with van der Waals surface area (Å²) in [5, 5.41) is 0.